The molecule has 0 aliphatic carbocycles. The summed E-state index contributed by atoms with van der Waals surface area (Å²) < 4.78 is 44.2. The standard InChI is InChI=1S/C12H11FN2O3S/c1-18-11-3-2-8-14-12(11)15-19(16,17)10-6-4-9(13)5-7-10/h2-8H,1H3,(H,14,15). The van der Waals surface area contributed by atoms with E-state index in [1.165, 1.54) is 25.4 Å². The van der Waals surface area contributed by atoms with Gasteiger partial charge in [0.15, 0.2) is 11.6 Å². The highest BCUT2D eigenvalue weighted by Gasteiger charge is 2.17. The Morgan fingerprint density at radius 1 is 1.21 bits per heavy atom. The third-order valence-electron chi connectivity index (χ3n) is 2.35. The zero-order valence-electron chi connectivity index (χ0n) is 10.00. The Balaban J connectivity index is 2.34. The number of halogens is 1. The van der Waals surface area contributed by atoms with Crippen molar-refractivity contribution < 1.29 is 17.5 Å². The Labute approximate surface area is 110 Å². The Bertz CT molecular complexity index is 672. The van der Waals surface area contributed by atoms with Gasteiger partial charge in [0.1, 0.15) is 5.82 Å². The summed E-state index contributed by atoms with van der Waals surface area (Å²) in [5.41, 5.74) is 0. The van der Waals surface area contributed by atoms with E-state index in [2.05, 4.69) is 9.71 Å². The molecule has 0 saturated carbocycles. The third kappa shape index (κ3) is 3.00. The lowest BCUT2D eigenvalue weighted by atomic mass is 10.4. The molecule has 100 valence electrons. The van der Waals surface area contributed by atoms with Gasteiger partial charge in [-0.2, -0.15) is 0 Å². The number of nitrogens with zero attached hydrogens (tertiary/aromatic N) is 1. The second kappa shape index (κ2) is 5.23. The van der Waals surface area contributed by atoms with Gasteiger partial charge in [-0.1, -0.05) is 0 Å². The molecule has 1 heterocycles. The van der Waals surface area contributed by atoms with E-state index in [1.54, 1.807) is 12.1 Å². The van der Waals surface area contributed by atoms with Crippen molar-refractivity contribution in [2.24, 2.45) is 0 Å². The fourth-order valence-electron chi connectivity index (χ4n) is 1.43. The summed E-state index contributed by atoms with van der Waals surface area (Å²) in [5, 5.41) is 0. The number of hydrogen-bond donors (Lipinski definition) is 1. The van der Waals surface area contributed by atoms with E-state index in [0.717, 1.165) is 12.1 Å². The zero-order valence-corrected chi connectivity index (χ0v) is 10.8. The summed E-state index contributed by atoms with van der Waals surface area (Å²) in [7, 11) is -2.41. The van der Waals surface area contributed by atoms with Crippen LogP contribution in [0.5, 0.6) is 5.75 Å². The number of rotatable bonds is 4. The molecule has 0 atom stereocenters. The molecule has 5 nitrogen and oxygen atoms in total. The first-order chi connectivity index (χ1) is 9.03. The summed E-state index contributed by atoms with van der Waals surface area (Å²) in [4.78, 5) is 3.83. The lowest BCUT2D eigenvalue weighted by molar-refractivity contribution is 0.415. The summed E-state index contributed by atoms with van der Waals surface area (Å²) in [6, 6.07) is 7.69. The van der Waals surface area contributed by atoms with Gasteiger partial charge in [-0.3, -0.25) is 4.72 Å². The highest BCUT2D eigenvalue weighted by molar-refractivity contribution is 7.92. The van der Waals surface area contributed by atoms with E-state index in [1.807, 2.05) is 0 Å². The second-order valence-corrected chi connectivity index (χ2v) is 5.30. The summed E-state index contributed by atoms with van der Waals surface area (Å²) >= 11 is 0. The van der Waals surface area contributed by atoms with Gasteiger partial charge < -0.3 is 4.74 Å². The predicted molar refractivity (Wildman–Crippen MR) is 68.0 cm³/mol. The van der Waals surface area contributed by atoms with E-state index in [-0.39, 0.29) is 10.7 Å². The summed E-state index contributed by atoms with van der Waals surface area (Å²) in [6.07, 6.45) is 1.44. The fraction of sp³-hybridized carbons (Fsp3) is 0.0833. The topological polar surface area (TPSA) is 68.3 Å². The number of anilines is 1. The number of nitrogens with one attached hydrogen (secondary N) is 1. The van der Waals surface area contributed by atoms with Crippen LogP contribution in [0.1, 0.15) is 0 Å². The van der Waals surface area contributed by atoms with Crippen molar-refractivity contribution >= 4 is 15.8 Å². The van der Waals surface area contributed by atoms with Crippen LogP contribution >= 0.6 is 0 Å². The minimum absolute atomic E-state index is 0.0541. The van der Waals surface area contributed by atoms with Gasteiger partial charge in [-0.05, 0) is 36.4 Å². The van der Waals surface area contributed by atoms with Crippen LogP contribution in [0.25, 0.3) is 0 Å². The van der Waals surface area contributed by atoms with Crippen molar-refractivity contribution in [1.29, 1.82) is 0 Å². The van der Waals surface area contributed by atoms with Crippen molar-refractivity contribution in [2.45, 2.75) is 4.90 Å². The van der Waals surface area contributed by atoms with Crippen LogP contribution in [0.15, 0.2) is 47.5 Å². The first kappa shape index (κ1) is 13.3. The van der Waals surface area contributed by atoms with Crippen LogP contribution in [0.3, 0.4) is 0 Å². The largest absolute Gasteiger partial charge is 0.493 e. The van der Waals surface area contributed by atoms with Gasteiger partial charge in [0, 0.05) is 6.20 Å². The van der Waals surface area contributed by atoms with Gasteiger partial charge in [-0.25, -0.2) is 17.8 Å². The molecule has 0 spiro atoms. The van der Waals surface area contributed by atoms with Crippen molar-refractivity contribution in [3.05, 3.63) is 48.4 Å². The van der Waals surface area contributed by atoms with Crippen molar-refractivity contribution in [3.8, 4) is 5.75 Å². The highest BCUT2D eigenvalue weighted by atomic mass is 32.2. The number of aromatic nitrogens is 1. The van der Waals surface area contributed by atoms with Crippen LogP contribution in [0.4, 0.5) is 10.2 Å². The van der Waals surface area contributed by atoms with Crippen LogP contribution in [0.2, 0.25) is 0 Å². The fourth-order valence-corrected chi connectivity index (χ4v) is 2.45. The highest BCUT2D eigenvalue weighted by Crippen LogP contribution is 2.23. The molecule has 0 radical (unpaired) electrons. The quantitative estimate of drug-likeness (QED) is 0.931. The molecule has 2 aromatic rings. The number of methoxy groups -OCH3 is 1. The average molecular weight is 282 g/mol. The van der Waals surface area contributed by atoms with Crippen LogP contribution in [-0.2, 0) is 10.0 Å². The monoisotopic (exact) mass is 282 g/mol. The maximum atomic E-state index is 12.8. The maximum absolute atomic E-state index is 12.8. The summed E-state index contributed by atoms with van der Waals surface area (Å²) in [6.45, 7) is 0. The Morgan fingerprint density at radius 2 is 1.89 bits per heavy atom. The van der Waals surface area contributed by atoms with Gasteiger partial charge in [0.05, 0.1) is 12.0 Å². The average Bonchev–Trinajstić information content (AvgIpc) is 2.39. The zero-order chi connectivity index (χ0) is 13.9. The van der Waals surface area contributed by atoms with E-state index in [0.29, 0.717) is 5.75 Å². The molecule has 0 amide bonds. The maximum Gasteiger partial charge on any atom is 0.263 e. The second-order valence-electron chi connectivity index (χ2n) is 3.61. The molecule has 1 aromatic heterocycles. The molecule has 0 saturated heterocycles. The number of hydrogen-bond acceptors (Lipinski definition) is 4. The van der Waals surface area contributed by atoms with Crippen LogP contribution in [0, 0.1) is 5.82 Å². The number of pyridine rings is 1. The van der Waals surface area contributed by atoms with Crippen molar-refractivity contribution in [1.82, 2.24) is 4.98 Å². The molecule has 0 fully saturated rings. The van der Waals surface area contributed by atoms with E-state index < -0.39 is 15.8 Å². The molecular weight excluding hydrogens is 271 g/mol. The first-order valence-corrected chi connectivity index (χ1v) is 6.78. The van der Waals surface area contributed by atoms with Crippen LogP contribution < -0.4 is 9.46 Å². The van der Waals surface area contributed by atoms with Gasteiger partial charge in [-0.15, -0.1) is 0 Å². The molecule has 0 aliphatic heterocycles. The van der Waals surface area contributed by atoms with Crippen LogP contribution in [-0.4, -0.2) is 20.5 Å². The van der Waals surface area contributed by atoms with Crippen molar-refractivity contribution in [3.63, 3.8) is 0 Å². The number of ether oxygens (including phenoxy) is 1. The number of benzene rings is 1. The smallest absolute Gasteiger partial charge is 0.263 e. The van der Waals surface area contributed by atoms with Crippen molar-refractivity contribution in [2.75, 3.05) is 11.8 Å². The Hall–Kier alpha value is -2.15. The predicted octanol–water partition coefficient (Wildman–Crippen LogP) is 2.03. The first-order valence-electron chi connectivity index (χ1n) is 5.30. The lowest BCUT2D eigenvalue weighted by Gasteiger charge is -2.10. The molecule has 19 heavy (non-hydrogen) atoms. The van der Waals surface area contributed by atoms with E-state index in [9.17, 15) is 12.8 Å². The number of sulfonamides is 1. The Kier molecular flexibility index (Phi) is 3.66. The van der Waals surface area contributed by atoms with E-state index in [4.69, 9.17) is 4.74 Å². The molecule has 0 aliphatic rings. The molecule has 2 rings (SSSR count). The molecule has 7 heteroatoms. The SMILES string of the molecule is COc1cccnc1NS(=O)(=O)c1ccc(F)cc1. The summed E-state index contributed by atoms with van der Waals surface area (Å²) in [5.74, 6) is -0.128. The van der Waals surface area contributed by atoms with E-state index >= 15 is 0 Å². The normalized spacial score (nSPS) is 11.1. The molecule has 1 N–H and O–H groups in total. The molecule has 0 bridgehead atoms. The Morgan fingerprint density at radius 3 is 2.53 bits per heavy atom. The molecule has 0 unspecified atom stereocenters. The lowest BCUT2D eigenvalue weighted by Crippen LogP contribution is -2.14. The minimum atomic E-state index is -3.82. The van der Waals surface area contributed by atoms with Gasteiger partial charge in [0.2, 0.25) is 0 Å². The third-order valence-corrected chi connectivity index (χ3v) is 3.70. The molecular formula is C12H11FN2O3S. The molecule has 1 aromatic carbocycles. The van der Waals surface area contributed by atoms with Gasteiger partial charge >= 0.3 is 0 Å². The minimum Gasteiger partial charge on any atom is -0.493 e. The van der Waals surface area contributed by atoms with Gasteiger partial charge in [0.25, 0.3) is 10.0 Å².